The lowest BCUT2D eigenvalue weighted by Gasteiger charge is -2.09. The number of hydrogen-bond donors (Lipinski definition) is 0. The van der Waals surface area contributed by atoms with E-state index in [1.165, 1.54) is 23.2 Å². The minimum atomic E-state index is -0.320. The number of hydrogen-bond acceptors (Lipinski definition) is 4. The van der Waals surface area contributed by atoms with Crippen molar-refractivity contribution in [2.45, 2.75) is 19.4 Å². The number of ketones is 1. The summed E-state index contributed by atoms with van der Waals surface area (Å²) in [7, 11) is 3.27. The van der Waals surface area contributed by atoms with Gasteiger partial charge in [0.25, 0.3) is 5.56 Å². The van der Waals surface area contributed by atoms with Crippen LogP contribution in [0.4, 0.5) is 0 Å². The van der Waals surface area contributed by atoms with E-state index >= 15 is 0 Å². The molecule has 1 rings (SSSR count). The second-order valence-electron chi connectivity index (χ2n) is 3.85. The maximum Gasteiger partial charge on any atom is 0.267 e. The molecule has 0 bridgehead atoms. The highest BCUT2D eigenvalue weighted by molar-refractivity contribution is 5.84. The third kappa shape index (κ3) is 4.18. The van der Waals surface area contributed by atoms with Crippen molar-refractivity contribution in [2.75, 3.05) is 14.1 Å². The Kier molecular flexibility index (Phi) is 4.56. The van der Waals surface area contributed by atoms with Gasteiger partial charge in [-0.2, -0.15) is 5.10 Å². The van der Waals surface area contributed by atoms with Crippen molar-refractivity contribution in [1.29, 1.82) is 0 Å². The van der Waals surface area contributed by atoms with Gasteiger partial charge in [0, 0.05) is 39.2 Å². The molecule has 0 aliphatic rings. The number of rotatable bonds is 5. The molecule has 0 spiro atoms. The molecule has 0 radical (unpaired) electrons. The molecule has 0 aromatic carbocycles. The average molecular weight is 237 g/mol. The Morgan fingerprint density at radius 3 is 2.65 bits per heavy atom. The molecule has 0 saturated heterocycles. The first-order valence-corrected chi connectivity index (χ1v) is 5.24. The lowest BCUT2D eigenvalue weighted by atomic mass is 10.2. The van der Waals surface area contributed by atoms with Crippen molar-refractivity contribution in [1.82, 2.24) is 14.7 Å². The highest BCUT2D eigenvalue weighted by Gasteiger charge is 2.09. The third-order valence-corrected chi connectivity index (χ3v) is 2.23. The second kappa shape index (κ2) is 5.93. The normalized spacial score (nSPS) is 10.0. The number of nitrogens with zero attached hydrogens (tertiary/aromatic N) is 3. The number of aromatic nitrogens is 2. The molecule has 0 N–H and O–H groups in total. The molecule has 1 heterocycles. The molecule has 6 heteroatoms. The predicted octanol–water partition coefficient (Wildman–Crippen LogP) is -0.319. The maximum absolute atomic E-state index is 11.5. The Morgan fingerprint density at radius 1 is 1.35 bits per heavy atom. The van der Waals surface area contributed by atoms with Crippen molar-refractivity contribution in [2.24, 2.45) is 0 Å². The highest BCUT2D eigenvalue weighted by Crippen LogP contribution is 1.96. The Labute approximate surface area is 98.8 Å². The maximum atomic E-state index is 11.5. The average Bonchev–Trinajstić information content (AvgIpc) is 2.29. The molecule has 0 atom stereocenters. The summed E-state index contributed by atoms with van der Waals surface area (Å²) in [5.41, 5.74) is -0.320. The zero-order chi connectivity index (χ0) is 12.8. The summed E-state index contributed by atoms with van der Waals surface area (Å²) < 4.78 is 1.09. The molecule has 1 amide bonds. The van der Waals surface area contributed by atoms with Gasteiger partial charge in [-0.3, -0.25) is 14.4 Å². The molecule has 6 nitrogen and oxygen atoms in total. The second-order valence-corrected chi connectivity index (χ2v) is 3.85. The summed E-state index contributed by atoms with van der Waals surface area (Å²) in [6, 6.07) is 2.85. The van der Waals surface area contributed by atoms with Gasteiger partial charge in [-0.15, -0.1) is 0 Å². The van der Waals surface area contributed by atoms with Gasteiger partial charge in [0.1, 0.15) is 6.54 Å². The van der Waals surface area contributed by atoms with E-state index in [4.69, 9.17) is 0 Å². The van der Waals surface area contributed by atoms with E-state index in [1.54, 1.807) is 14.1 Å². The van der Waals surface area contributed by atoms with E-state index in [-0.39, 0.29) is 36.6 Å². The Morgan fingerprint density at radius 2 is 2.06 bits per heavy atom. The smallest absolute Gasteiger partial charge is 0.267 e. The van der Waals surface area contributed by atoms with Crippen LogP contribution in [0.3, 0.4) is 0 Å². The molecule has 1 aromatic heterocycles. The molecular weight excluding hydrogens is 222 g/mol. The first kappa shape index (κ1) is 13.1. The number of carbonyl (C=O) groups is 2. The molecular formula is C11H15N3O3. The monoisotopic (exact) mass is 237 g/mol. The highest BCUT2D eigenvalue weighted by atomic mass is 16.2. The van der Waals surface area contributed by atoms with Crippen LogP contribution >= 0.6 is 0 Å². The lowest BCUT2D eigenvalue weighted by molar-refractivity contribution is -0.131. The van der Waals surface area contributed by atoms with Crippen LogP contribution in [0, 0.1) is 0 Å². The fourth-order valence-corrected chi connectivity index (χ4v) is 1.22. The third-order valence-electron chi connectivity index (χ3n) is 2.23. The van der Waals surface area contributed by atoms with Gasteiger partial charge in [0.2, 0.25) is 5.91 Å². The molecule has 0 fully saturated rings. The first-order chi connectivity index (χ1) is 8.00. The van der Waals surface area contributed by atoms with E-state index in [1.807, 2.05) is 0 Å². The van der Waals surface area contributed by atoms with E-state index in [0.29, 0.717) is 0 Å². The fourth-order valence-electron chi connectivity index (χ4n) is 1.22. The van der Waals surface area contributed by atoms with Crippen LogP contribution in [0.25, 0.3) is 0 Å². The molecule has 0 aliphatic carbocycles. The van der Waals surface area contributed by atoms with Gasteiger partial charge in [-0.25, -0.2) is 4.68 Å². The number of carbonyl (C=O) groups excluding carboxylic acids is 2. The Bertz CT molecular complexity index is 465. The standard InChI is InChI=1S/C11H15N3O3/c1-13(2)10(16)6-5-9(15)8-14-11(17)4-3-7-12-14/h3-4,7H,5-6,8H2,1-2H3. The van der Waals surface area contributed by atoms with Gasteiger partial charge < -0.3 is 4.90 Å². The largest absolute Gasteiger partial charge is 0.349 e. The van der Waals surface area contributed by atoms with Gasteiger partial charge in [-0.05, 0) is 6.07 Å². The van der Waals surface area contributed by atoms with Crippen LogP contribution in [-0.4, -0.2) is 40.5 Å². The molecule has 0 aliphatic heterocycles. The van der Waals surface area contributed by atoms with Crippen molar-refractivity contribution >= 4 is 11.7 Å². The van der Waals surface area contributed by atoms with Crippen molar-refractivity contribution in [3.8, 4) is 0 Å². The SMILES string of the molecule is CN(C)C(=O)CCC(=O)Cn1ncccc1=O. The van der Waals surface area contributed by atoms with Gasteiger partial charge in [-0.1, -0.05) is 0 Å². The van der Waals surface area contributed by atoms with Gasteiger partial charge in [0.05, 0.1) is 0 Å². The topological polar surface area (TPSA) is 72.3 Å². The van der Waals surface area contributed by atoms with E-state index in [0.717, 1.165) is 4.68 Å². The molecule has 0 unspecified atom stereocenters. The summed E-state index contributed by atoms with van der Waals surface area (Å²) in [6.07, 6.45) is 1.73. The van der Waals surface area contributed by atoms with Crippen molar-refractivity contribution < 1.29 is 9.59 Å². The van der Waals surface area contributed by atoms with Crippen LogP contribution in [0.5, 0.6) is 0 Å². The Balaban J connectivity index is 2.49. The summed E-state index contributed by atoms with van der Waals surface area (Å²) in [6.45, 7) is -0.0830. The summed E-state index contributed by atoms with van der Waals surface area (Å²) in [5, 5.41) is 3.77. The van der Waals surface area contributed by atoms with Crippen LogP contribution in [0.15, 0.2) is 23.1 Å². The van der Waals surface area contributed by atoms with Crippen LogP contribution in [0.1, 0.15) is 12.8 Å². The predicted molar refractivity (Wildman–Crippen MR) is 61.4 cm³/mol. The van der Waals surface area contributed by atoms with Crippen LogP contribution in [0.2, 0.25) is 0 Å². The summed E-state index contributed by atoms with van der Waals surface area (Å²) in [5.74, 6) is -0.285. The minimum absolute atomic E-state index is 0.0830. The first-order valence-electron chi connectivity index (χ1n) is 5.24. The zero-order valence-electron chi connectivity index (χ0n) is 9.92. The van der Waals surface area contributed by atoms with E-state index in [9.17, 15) is 14.4 Å². The lowest BCUT2D eigenvalue weighted by Crippen LogP contribution is -2.27. The summed E-state index contributed by atoms with van der Waals surface area (Å²) in [4.78, 5) is 35.5. The van der Waals surface area contributed by atoms with Crippen LogP contribution < -0.4 is 5.56 Å². The zero-order valence-corrected chi connectivity index (χ0v) is 9.92. The molecule has 92 valence electrons. The Hall–Kier alpha value is -1.98. The molecule has 0 saturated carbocycles. The molecule has 1 aromatic rings. The van der Waals surface area contributed by atoms with Crippen molar-refractivity contribution in [3.63, 3.8) is 0 Å². The van der Waals surface area contributed by atoms with E-state index < -0.39 is 0 Å². The fraction of sp³-hybridized carbons (Fsp3) is 0.455. The molecule has 17 heavy (non-hydrogen) atoms. The van der Waals surface area contributed by atoms with Crippen molar-refractivity contribution in [3.05, 3.63) is 28.7 Å². The summed E-state index contributed by atoms with van der Waals surface area (Å²) >= 11 is 0. The van der Waals surface area contributed by atoms with Crippen LogP contribution in [-0.2, 0) is 16.1 Å². The van der Waals surface area contributed by atoms with Gasteiger partial charge >= 0.3 is 0 Å². The van der Waals surface area contributed by atoms with Gasteiger partial charge in [0.15, 0.2) is 5.78 Å². The van der Waals surface area contributed by atoms with E-state index in [2.05, 4.69) is 5.10 Å². The number of amides is 1. The number of Topliss-reactive ketones (excluding diaryl/α,β-unsaturated/α-hetero) is 1. The quantitative estimate of drug-likeness (QED) is 0.703. The minimum Gasteiger partial charge on any atom is -0.349 e.